The van der Waals surface area contributed by atoms with Crippen molar-refractivity contribution < 1.29 is 0 Å². The standard InChI is InChI=1S/C13H21ClN2/c1-3-10-16(4-2)11-9-15-13-7-5-12(14)6-8-13/h5-8,15H,3-4,9-11H2,1-2H3. The zero-order valence-electron chi connectivity index (χ0n) is 10.2. The van der Waals surface area contributed by atoms with E-state index in [4.69, 9.17) is 11.6 Å². The van der Waals surface area contributed by atoms with Crippen LogP contribution < -0.4 is 5.32 Å². The minimum Gasteiger partial charge on any atom is -0.384 e. The quantitative estimate of drug-likeness (QED) is 0.785. The number of hydrogen-bond acceptors (Lipinski definition) is 2. The highest BCUT2D eigenvalue weighted by molar-refractivity contribution is 6.30. The van der Waals surface area contributed by atoms with Crippen molar-refractivity contribution in [2.24, 2.45) is 0 Å². The van der Waals surface area contributed by atoms with E-state index < -0.39 is 0 Å². The summed E-state index contributed by atoms with van der Waals surface area (Å²) in [6.45, 7) is 8.80. The molecule has 2 nitrogen and oxygen atoms in total. The number of rotatable bonds is 7. The SMILES string of the molecule is CCCN(CC)CCNc1ccc(Cl)cc1. The summed E-state index contributed by atoms with van der Waals surface area (Å²) in [6.07, 6.45) is 1.22. The predicted molar refractivity (Wildman–Crippen MR) is 72.3 cm³/mol. The molecule has 1 aromatic carbocycles. The third kappa shape index (κ3) is 4.86. The van der Waals surface area contributed by atoms with E-state index in [1.165, 1.54) is 13.0 Å². The van der Waals surface area contributed by atoms with Crippen LogP contribution in [0, 0.1) is 0 Å². The van der Waals surface area contributed by atoms with Gasteiger partial charge in [0.15, 0.2) is 0 Å². The molecule has 0 aromatic heterocycles. The Morgan fingerprint density at radius 1 is 1.12 bits per heavy atom. The van der Waals surface area contributed by atoms with Gasteiger partial charge in [0.2, 0.25) is 0 Å². The molecular formula is C13H21ClN2. The van der Waals surface area contributed by atoms with Gasteiger partial charge in [-0.15, -0.1) is 0 Å². The van der Waals surface area contributed by atoms with E-state index in [9.17, 15) is 0 Å². The number of likely N-dealkylation sites (N-methyl/N-ethyl adjacent to an activating group) is 1. The van der Waals surface area contributed by atoms with E-state index in [1.54, 1.807) is 0 Å². The van der Waals surface area contributed by atoms with Crippen molar-refractivity contribution in [3.8, 4) is 0 Å². The van der Waals surface area contributed by atoms with Gasteiger partial charge in [0, 0.05) is 23.8 Å². The van der Waals surface area contributed by atoms with Gasteiger partial charge < -0.3 is 10.2 Å². The molecule has 0 fully saturated rings. The van der Waals surface area contributed by atoms with E-state index in [0.29, 0.717) is 0 Å². The van der Waals surface area contributed by atoms with Gasteiger partial charge >= 0.3 is 0 Å². The van der Waals surface area contributed by atoms with Gasteiger partial charge in [-0.3, -0.25) is 0 Å². The first-order chi connectivity index (χ1) is 7.76. The Morgan fingerprint density at radius 3 is 2.38 bits per heavy atom. The molecule has 0 aliphatic carbocycles. The second kappa shape index (κ2) is 7.53. The van der Waals surface area contributed by atoms with Crippen molar-refractivity contribution in [3.05, 3.63) is 29.3 Å². The van der Waals surface area contributed by atoms with Crippen LogP contribution >= 0.6 is 11.6 Å². The lowest BCUT2D eigenvalue weighted by molar-refractivity contribution is 0.300. The second-order valence-corrected chi connectivity index (χ2v) is 4.30. The molecule has 1 aromatic rings. The number of hydrogen-bond donors (Lipinski definition) is 1. The monoisotopic (exact) mass is 240 g/mol. The van der Waals surface area contributed by atoms with E-state index in [0.717, 1.165) is 30.3 Å². The van der Waals surface area contributed by atoms with Crippen LogP contribution in [0.25, 0.3) is 0 Å². The van der Waals surface area contributed by atoms with Gasteiger partial charge in [0.25, 0.3) is 0 Å². The number of halogens is 1. The first-order valence-electron chi connectivity index (χ1n) is 5.98. The Bertz CT molecular complexity index is 284. The fourth-order valence-corrected chi connectivity index (χ4v) is 1.80. The molecule has 0 atom stereocenters. The van der Waals surface area contributed by atoms with E-state index in [1.807, 2.05) is 24.3 Å². The molecule has 0 heterocycles. The van der Waals surface area contributed by atoms with E-state index >= 15 is 0 Å². The van der Waals surface area contributed by atoms with E-state index in [-0.39, 0.29) is 0 Å². The molecule has 0 aliphatic heterocycles. The lowest BCUT2D eigenvalue weighted by atomic mass is 10.3. The Hall–Kier alpha value is -0.730. The van der Waals surface area contributed by atoms with Gasteiger partial charge in [-0.1, -0.05) is 25.4 Å². The highest BCUT2D eigenvalue weighted by Gasteiger charge is 1.99. The molecular weight excluding hydrogens is 220 g/mol. The summed E-state index contributed by atoms with van der Waals surface area (Å²) >= 11 is 5.82. The summed E-state index contributed by atoms with van der Waals surface area (Å²) in [4.78, 5) is 2.45. The average molecular weight is 241 g/mol. The molecule has 16 heavy (non-hydrogen) atoms. The Kier molecular flexibility index (Phi) is 6.27. The maximum absolute atomic E-state index is 5.82. The fourth-order valence-electron chi connectivity index (χ4n) is 1.67. The van der Waals surface area contributed by atoms with Crippen LogP contribution in [0.2, 0.25) is 5.02 Å². The molecule has 3 heteroatoms. The molecule has 0 radical (unpaired) electrons. The third-order valence-electron chi connectivity index (χ3n) is 2.59. The van der Waals surface area contributed by atoms with Gasteiger partial charge in [-0.05, 0) is 43.8 Å². The number of benzene rings is 1. The highest BCUT2D eigenvalue weighted by Crippen LogP contribution is 2.12. The normalized spacial score (nSPS) is 10.8. The zero-order chi connectivity index (χ0) is 11.8. The molecule has 1 rings (SSSR count). The lowest BCUT2D eigenvalue weighted by Gasteiger charge is -2.19. The van der Waals surface area contributed by atoms with Crippen LogP contribution in [0.4, 0.5) is 5.69 Å². The van der Waals surface area contributed by atoms with Gasteiger partial charge in [0.1, 0.15) is 0 Å². The molecule has 0 saturated heterocycles. The minimum atomic E-state index is 0.784. The number of nitrogens with zero attached hydrogens (tertiary/aromatic N) is 1. The lowest BCUT2D eigenvalue weighted by Crippen LogP contribution is -2.29. The zero-order valence-corrected chi connectivity index (χ0v) is 10.9. The molecule has 0 unspecified atom stereocenters. The van der Waals surface area contributed by atoms with Crippen molar-refractivity contribution >= 4 is 17.3 Å². The average Bonchev–Trinajstić information content (AvgIpc) is 2.30. The molecule has 0 bridgehead atoms. The van der Waals surface area contributed by atoms with Crippen molar-refractivity contribution in [1.82, 2.24) is 4.90 Å². The third-order valence-corrected chi connectivity index (χ3v) is 2.84. The van der Waals surface area contributed by atoms with E-state index in [2.05, 4.69) is 24.1 Å². The number of anilines is 1. The van der Waals surface area contributed by atoms with Crippen molar-refractivity contribution in [3.63, 3.8) is 0 Å². The van der Waals surface area contributed by atoms with Gasteiger partial charge in [-0.2, -0.15) is 0 Å². The Morgan fingerprint density at radius 2 is 1.81 bits per heavy atom. The molecule has 0 saturated carbocycles. The molecule has 0 spiro atoms. The van der Waals surface area contributed by atoms with Crippen molar-refractivity contribution in [1.29, 1.82) is 0 Å². The first kappa shape index (κ1) is 13.3. The van der Waals surface area contributed by atoms with Gasteiger partial charge in [-0.25, -0.2) is 0 Å². The Balaban J connectivity index is 2.26. The summed E-state index contributed by atoms with van der Waals surface area (Å²) in [5.74, 6) is 0. The van der Waals surface area contributed by atoms with Crippen molar-refractivity contribution in [2.45, 2.75) is 20.3 Å². The fraction of sp³-hybridized carbons (Fsp3) is 0.538. The topological polar surface area (TPSA) is 15.3 Å². The minimum absolute atomic E-state index is 0.784. The maximum Gasteiger partial charge on any atom is 0.0407 e. The Labute approximate surface area is 104 Å². The summed E-state index contributed by atoms with van der Waals surface area (Å²) in [6, 6.07) is 7.85. The van der Waals surface area contributed by atoms with Crippen LogP contribution in [0.3, 0.4) is 0 Å². The van der Waals surface area contributed by atoms with Crippen LogP contribution in [0.15, 0.2) is 24.3 Å². The van der Waals surface area contributed by atoms with Crippen molar-refractivity contribution in [2.75, 3.05) is 31.5 Å². The molecule has 90 valence electrons. The molecule has 0 amide bonds. The van der Waals surface area contributed by atoms with Crippen LogP contribution in [-0.2, 0) is 0 Å². The van der Waals surface area contributed by atoms with Gasteiger partial charge in [0.05, 0.1) is 0 Å². The summed E-state index contributed by atoms with van der Waals surface area (Å²) in [5, 5.41) is 4.18. The van der Waals surface area contributed by atoms with Crippen LogP contribution in [-0.4, -0.2) is 31.1 Å². The summed E-state index contributed by atoms with van der Waals surface area (Å²) < 4.78 is 0. The largest absolute Gasteiger partial charge is 0.384 e. The predicted octanol–water partition coefficient (Wildman–Crippen LogP) is 3.48. The smallest absolute Gasteiger partial charge is 0.0407 e. The first-order valence-corrected chi connectivity index (χ1v) is 6.35. The second-order valence-electron chi connectivity index (χ2n) is 3.87. The number of nitrogens with one attached hydrogen (secondary N) is 1. The molecule has 0 aliphatic rings. The van der Waals surface area contributed by atoms with Crippen LogP contribution in [0.5, 0.6) is 0 Å². The summed E-state index contributed by atoms with van der Waals surface area (Å²) in [5.41, 5.74) is 1.14. The molecule has 1 N–H and O–H groups in total. The maximum atomic E-state index is 5.82. The highest BCUT2D eigenvalue weighted by atomic mass is 35.5. The summed E-state index contributed by atoms with van der Waals surface area (Å²) in [7, 11) is 0. The van der Waals surface area contributed by atoms with Crippen LogP contribution in [0.1, 0.15) is 20.3 Å².